The largest absolute Gasteiger partial charge is 0.483 e. The van der Waals surface area contributed by atoms with E-state index >= 15 is 0 Å². The summed E-state index contributed by atoms with van der Waals surface area (Å²) in [5, 5.41) is 12.3. The van der Waals surface area contributed by atoms with Crippen LogP contribution in [0.1, 0.15) is 39.6 Å². The number of hydrogen-bond donors (Lipinski definition) is 3. The van der Waals surface area contributed by atoms with E-state index in [9.17, 15) is 14.0 Å². The van der Waals surface area contributed by atoms with Gasteiger partial charge in [-0.15, -0.1) is 0 Å². The molecule has 1 atom stereocenters. The van der Waals surface area contributed by atoms with Crippen LogP contribution in [0.25, 0.3) is 0 Å². The molecule has 1 unspecified atom stereocenters. The Morgan fingerprint density at radius 2 is 2.03 bits per heavy atom. The Morgan fingerprint density at radius 3 is 2.73 bits per heavy atom. The lowest BCUT2D eigenvalue weighted by Gasteiger charge is -2.27. The average Bonchev–Trinajstić information content (AvgIpc) is 2.78. The topological polar surface area (TPSA) is 124 Å². The Kier molecular flexibility index (Phi) is 6.50. The van der Waals surface area contributed by atoms with Crippen LogP contribution in [-0.2, 0) is 17.8 Å². The number of nitrogens with one attached hydrogen (secondary N) is 1. The molecule has 33 heavy (non-hydrogen) atoms. The van der Waals surface area contributed by atoms with Crippen molar-refractivity contribution in [3.05, 3.63) is 82.9 Å². The minimum atomic E-state index is -1.37. The van der Waals surface area contributed by atoms with Crippen molar-refractivity contribution in [2.24, 2.45) is 5.73 Å². The fraction of sp³-hybridized carbons (Fsp3) is 0.208. The minimum absolute atomic E-state index is 0.107. The molecule has 0 saturated carbocycles. The van der Waals surface area contributed by atoms with E-state index in [0.717, 1.165) is 23.3 Å². The van der Waals surface area contributed by atoms with Gasteiger partial charge in [0.25, 0.3) is 0 Å². The molecule has 0 aliphatic carbocycles. The number of aromatic carboxylic acids is 1. The highest BCUT2D eigenvalue weighted by Gasteiger charge is 2.25. The van der Waals surface area contributed by atoms with E-state index in [-0.39, 0.29) is 24.8 Å². The number of carbonyl (C=O) groups excluding carboxylic acids is 1. The first kappa shape index (κ1) is 22.2. The highest BCUT2D eigenvalue weighted by molar-refractivity contribution is 5.88. The maximum absolute atomic E-state index is 14.2. The van der Waals surface area contributed by atoms with E-state index in [1.807, 2.05) is 18.2 Å². The summed E-state index contributed by atoms with van der Waals surface area (Å²) >= 11 is 0. The summed E-state index contributed by atoms with van der Waals surface area (Å²) in [6.07, 6.45) is 2.49. The zero-order valence-electron chi connectivity index (χ0n) is 17.6. The molecule has 0 radical (unpaired) electrons. The number of nitrogens with two attached hydrogens (primary N) is 1. The molecule has 1 aliphatic heterocycles. The summed E-state index contributed by atoms with van der Waals surface area (Å²) in [5.74, 6) is -1.90. The van der Waals surface area contributed by atoms with Crippen molar-refractivity contribution >= 4 is 11.9 Å². The van der Waals surface area contributed by atoms with Crippen LogP contribution < -0.4 is 20.5 Å². The number of halogens is 1. The van der Waals surface area contributed by atoms with Crippen molar-refractivity contribution in [2.75, 3.05) is 6.54 Å². The Hall–Kier alpha value is -3.98. The molecular formula is C24H22FN3O5. The molecule has 1 amide bonds. The van der Waals surface area contributed by atoms with Crippen LogP contribution in [0.3, 0.4) is 0 Å². The Labute approximate surface area is 189 Å². The first-order valence-corrected chi connectivity index (χ1v) is 10.3. The number of rotatable bonds is 8. The summed E-state index contributed by atoms with van der Waals surface area (Å²) in [6, 6.07) is 12.3. The van der Waals surface area contributed by atoms with Gasteiger partial charge in [0, 0.05) is 24.7 Å². The van der Waals surface area contributed by atoms with E-state index in [0.29, 0.717) is 30.2 Å². The standard InChI is InChI=1S/C24H22FN3O5/c25-19-10-16(4-5-17(19)24(30)31)33-22-11-18-14(6-8-28-20(18)12-23(26)29)9-21(22)32-13-15-3-1-2-7-27-15/h1-5,7,9-11,20,28H,6,8,12-13H2,(H2,26,29)(H,30,31). The summed E-state index contributed by atoms with van der Waals surface area (Å²) in [6.45, 7) is 0.859. The molecule has 1 aromatic heterocycles. The number of carboxylic acid groups (broad SMARTS) is 1. The first-order valence-electron chi connectivity index (χ1n) is 10.3. The Bertz CT molecular complexity index is 1190. The van der Waals surface area contributed by atoms with Crippen LogP contribution in [0.5, 0.6) is 17.2 Å². The van der Waals surface area contributed by atoms with Crippen LogP contribution in [0.2, 0.25) is 0 Å². The van der Waals surface area contributed by atoms with E-state index in [1.165, 1.54) is 6.07 Å². The third kappa shape index (κ3) is 5.27. The summed E-state index contributed by atoms with van der Waals surface area (Å²) in [7, 11) is 0. The van der Waals surface area contributed by atoms with Crippen LogP contribution in [0.15, 0.2) is 54.7 Å². The average molecular weight is 451 g/mol. The smallest absolute Gasteiger partial charge is 0.338 e. The molecule has 9 heteroatoms. The number of ether oxygens (including phenoxy) is 2. The minimum Gasteiger partial charge on any atom is -0.483 e. The van der Waals surface area contributed by atoms with Gasteiger partial charge in [-0.1, -0.05) is 6.07 Å². The van der Waals surface area contributed by atoms with Gasteiger partial charge < -0.3 is 25.6 Å². The van der Waals surface area contributed by atoms with Gasteiger partial charge in [0.15, 0.2) is 11.5 Å². The van der Waals surface area contributed by atoms with Crippen molar-refractivity contribution < 1.29 is 28.6 Å². The van der Waals surface area contributed by atoms with Gasteiger partial charge in [-0.2, -0.15) is 0 Å². The first-order chi connectivity index (χ1) is 15.9. The molecule has 2 aromatic carbocycles. The van der Waals surface area contributed by atoms with Gasteiger partial charge in [0.1, 0.15) is 18.2 Å². The number of carboxylic acids is 1. The van der Waals surface area contributed by atoms with Gasteiger partial charge in [-0.05, 0) is 60.5 Å². The van der Waals surface area contributed by atoms with Crippen molar-refractivity contribution in [1.82, 2.24) is 10.3 Å². The van der Waals surface area contributed by atoms with E-state index < -0.39 is 23.3 Å². The second-order valence-electron chi connectivity index (χ2n) is 7.58. The second-order valence-corrected chi connectivity index (χ2v) is 7.58. The highest BCUT2D eigenvalue weighted by atomic mass is 19.1. The molecule has 2 heterocycles. The predicted octanol–water partition coefficient (Wildman–Crippen LogP) is 3.35. The van der Waals surface area contributed by atoms with Crippen molar-refractivity contribution in [3.8, 4) is 17.2 Å². The zero-order chi connectivity index (χ0) is 23.4. The van der Waals surface area contributed by atoms with Gasteiger partial charge in [0.2, 0.25) is 5.91 Å². The third-order valence-corrected chi connectivity index (χ3v) is 5.27. The Balaban J connectivity index is 1.69. The highest BCUT2D eigenvalue weighted by Crippen LogP contribution is 2.39. The van der Waals surface area contributed by atoms with Gasteiger partial charge in [0.05, 0.1) is 11.3 Å². The lowest BCUT2D eigenvalue weighted by molar-refractivity contribution is -0.118. The number of fused-ring (bicyclic) bond motifs is 1. The van der Waals surface area contributed by atoms with Crippen molar-refractivity contribution in [2.45, 2.75) is 25.5 Å². The molecule has 4 N–H and O–H groups in total. The molecule has 3 aromatic rings. The summed E-state index contributed by atoms with van der Waals surface area (Å²) < 4.78 is 26.1. The van der Waals surface area contributed by atoms with E-state index in [4.69, 9.17) is 20.3 Å². The number of hydrogen-bond acceptors (Lipinski definition) is 6. The maximum atomic E-state index is 14.2. The SMILES string of the molecule is NC(=O)CC1NCCc2cc(OCc3ccccn3)c(Oc3ccc(C(=O)O)c(F)c3)cc21. The number of primary amides is 1. The number of amides is 1. The van der Waals surface area contributed by atoms with Gasteiger partial charge in [-0.25, -0.2) is 9.18 Å². The molecule has 4 rings (SSSR count). The number of benzene rings is 2. The maximum Gasteiger partial charge on any atom is 0.338 e. The Morgan fingerprint density at radius 1 is 1.18 bits per heavy atom. The van der Waals surface area contributed by atoms with Crippen molar-refractivity contribution in [3.63, 3.8) is 0 Å². The summed E-state index contributed by atoms with van der Waals surface area (Å²) in [5.41, 5.74) is 7.49. The molecular weight excluding hydrogens is 429 g/mol. The van der Waals surface area contributed by atoms with Gasteiger partial charge in [-0.3, -0.25) is 9.78 Å². The lowest BCUT2D eigenvalue weighted by atomic mass is 9.91. The third-order valence-electron chi connectivity index (χ3n) is 5.27. The summed E-state index contributed by atoms with van der Waals surface area (Å²) in [4.78, 5) is 26.9. The molecule has 0 fully saturated rings. The van der Waals surface area contributed by atoms with Crippen LogP contribution in [-0.4, -0.2) is 28.5 Å². The molecule has 1 aliphatic rings. The number of nitrogens with zero attached hydrogens (tertiary/aromatic N) is 1. The predicted molar refractivity (Wildman–Crippen MR) is 117 cm³/mol. The van der Waals surface area contributed by atoms with E-state index in [1.54, 1.807) is 18.3 Å². The van der Waals surface area contributed by atoms with Crippen molar-refractivity contribution in [1.29, 1.82) is 0 Å². The second kappa shape index (κ2) is 9.66. The molecule has 0 saturated heterocycles. The normalized spacial score (nSPS) is 14.9. The lowest BCUT2D eigenvalue weighted by Crippen LogP contribution is -2.33. The van der Waals surface area contributed by atoms with Crippen LogP contribution >= 0.6 is 0 Å². The van der Waals surface area contributed by atoms with Crippen LogP contribution in [0, 0.1) is 5.82 Å². The zero-order valence-corrected chi connectivity index (χ0v) is 17.6. The van der Waals surface area contributed by atoms with Crippen LogP contribution in [0.4, 0.5) is 4.39 Å². The molecule has 170 valence electrons. The molecule has 8 nitrogen and oxygen atoms in total. The van der Waals surface area contributed by atoms with E-state index in [2.05, 4.69) is 10.3 Å². The fourth-order valence-corrected chi connectivity index (χ4v) is 3.72. The number of aromatic nitrogens is 1. The number of carbonyl (C=O) groups is 2. The fourth-order valence-electron chi connectivity index (χ4n) is 3.72. The quantitative estimate of drug-likeness (QED) is 0.480. The molecule has 0 bridgehead atoms. The van der Waals surface area contributed by atoms with Gasteiger partial charge >= 0.3 is 5.97 Å². The monoisotopic (exact) mass is 451 g/mol. The number of pyridine rings is 1. The molecule has 0 spiro atoms.